The van der Waals surface area contributed by atoms with E-state index in [1.165, 1.54) is 25.7 Å². The molecule has 0 heterocycles. The van der Waals surface area contributed by atoms with Crippen LogP contribution in [0.25, 0.3) is 0 Å². The Kier molecular flexibility index (Phi) is 6.62. The number of thiocarbonyl (C=S) groups is 2. The van der Waals surface area contributed by atoms with E-state index in [1.807, 2.05) is 0 Å². The minimum atomic E-state index is 0.355. The van der Waals surface area contributed by atoms with Gasteiger partial charge in [0.05, 0.1) is 22.9 Å². The molecule has 0 aliphatic heterocycles. The molecule has 4 heteroatoms. The van der Waals surface area contributed by atoms with Gasteiger partial charge in [0.2, 0.25) is 0 Å². The number of hydrogen-bond acceptors (Lipinski definition) is 4. The van der Waals surface area contributed by atoms with Gasteiger partial charge in [0.15, 0.2) is 0 Å². The van der Waals surface area contributed by atoms with E-state index >= 15 is 0 Å². The average molecular weight is 240 g/mol. The molecule has 0 aromatic heterocycles. The zero-order chi connectivity index (χ0) is 10.9. The van der Waals surface area contributed by atoms with Crippen LogP contribution >= 0.6 is 24.4 Å². The van der Waals surface area contributed by atoms with Gasteiger partial charge in [-0.1, -0.05) is 19.3 Å². The summed E-state index contributed by atoms with van der Waals surface area (Å²) in [4.78, 5) is 8.26. The molecule has 0 aromatic rings. The second kappa shape index (κ2) is 7.84. The standard InChI is InChI=1S/C11H16N2S2/c14-8-12-7-10-4-2-1-3-5-11(6-10)13-9-15/h10-11H,1-7H2/t10?,11-/m0/s1. The van der Waals surface area contributed by atoms with Crippen molar-refractivity contribution < 1.29 is 0 Å². The molecule has 0 aromatic carbocycles. The lowest BCUT2D eigenvalue weighted by atomic mass is 9.88. The van der Waals surface area contributed by atoms with Crippen LogP contribution in [0, 0.1) is 5.92 Å². The Morgan fingerprint density at radius 3 is 2.60 bits per heavy atom. The van der Waals surface area contributed by atoms with Crippen LogP contribution in [0.2, 0.25) is 0 Å². The third-order valence-electron chi connectivity index (χ3n) is 2.90. The van der Waals surface area contributed by atoms with Crippen LogP contribution in [0.15, 0.2) is 9.98 Å². The summed E-state index contributed by atoms with van der Waals surface area (Å²) in [5.41, 5.74) is 0. The molecule has 1 saturated carbocycles. The first kappa shape index (κ1) is 12.7. The summed E-state index contributed by atoms with van der Waals surface area (Å²) in [5.74, 6) is 0.595. The maximum absolute atomic E-state index is 4.67. The molecule has 0 saturated heterocycles. The molecular formula is C11H16N2S2. The maximum Gasteiger partial charge on any atom is 0.0606 e. The van der Waals surface area contributed by atoms with Crippen molar-refractivity contribution in [2.24, 2.45) is 15.9 Å². The van der Waals surface area contributed by atoms with Crippen LogP contribution in [0.3, 0.4) is 0 Å². The lowest BCUT2D eigenvalue weighted by Crippen LogP contribution is -2.17. The minimum absolute atomic E-state index is 0.355. The Balaban J connectivity index is 2.52. The van der Waals surface area contributed by atoms with Gasteiger partial charge in [0, 0.05) is 0 Å². The molecule has 1 aliphatic carbocycles. The van der Waals surface area contributed by atoms with Gasteiger partial charge in [-0.05, 0) is 49.6 Å². The fourth-order valence-corrected chi connectivity index (χ4v) is 2.36. The highest BCUT2D eigenvalue weighted by Gasteiger charge is 2.17. The van der Waals surface area contributed by atoms with Crippen molar-refractivity contribution in [3.8, 4) is 0 Å². The number of rotatable bonds is 3. The second-order valence-electron chi connectivity index (χ2n) is 4.05. The van der Waals surface area contributed by atoms with Gasteiger partial charge < -0.3 is 0 Å². The van der Waals surface area contributed by atoms with Gasteiger partial charge in [-0.3, -0.25) is 0 Å². The molecule has 1 fully saturated rings. The van der Waals surface area contributed by atoms with Crippen LogP contribution in [0.5, 0.6) is 0 Å². The predicted octanol–water partition coefficient (Wildman–Crippen LogP) is 3.53. The fourth-order valence-electron chi connectivity index (χ4n) is 2.13. The predicted molar refractivity (Wildman–Crippen MR) is 69.9 cm³/mol. The highest BCUT2D eigenvalue weighted by Crippen LogP contribution is 2.24. The Morgan fingerprint density at radius 1 is 1.07 bits per heavy atom. The molecule has 82 valence electrons. The van der Waals surface area contributed by atoms with E-state index < -0.39 is 0 Å². The summed E-state index contributed by atoms with van der Waals surface area (Å²) < 4.78 is 0. The van der Waals surface area contributed by atoms with Crippen molar-refractivity contribution in [1.82, 2.24) is 0 Å². The molecule has 0 radical (unpaired) electrons. The monoisotopic (exact) mass is 240 g/mol. The molecule has 1 aliphatic rings. The fraction of sp³-hybridized carbons (Fsp3) is 0.818. The largest absolute Gasteiger partial charge is 0.232 e. The number of hydrogen-bond donors (Lipinski definition) is 0. The lowest BCUT2D eigenvalue weighted by molar-refractivity contribution is 0.356. The van der Waals surface area contributed by atoms with Gasteiger partial charge in [-0.25, -0.2) is 9.98 Å². The summed E-state index contributed by atoms with van der Waals surface area (Å²) in [6, 6.07) is 0.355. The topological polar surface area (TPSA) is 24.7 Å². The summed E-state index contributed by atoms with van der Waals surface area (Å²) in [5, 5.41) is 4.94. The van der Waals surface area contributed by atoms with E-state index in [1.54, 1.807) is 0 Å². The molecule has 0 spiro atoms. The van der Waals surface area contributed by atoms with Gasteiger partial charge in [0.1, 0.15) is 0 Å². The van der Waals surface area contributed by atoms with Crippen molar-refractivity contribution in [2.75, 3.05) is 6.54 Å². The smallest absolute Gasteiger partial charge is 0.0606 e. The summed E-state index contributed by atoms with van der Waals surface area (Å²) in [6.45, 7) is 0.799. The molecule has 0 amide bonds. The van der Waals surface area contributed by atoms with Crippen LogP contribution in [-0.4, -0.2) is 22.9 Å². The third kappa shape index (κ3) is 5.29. The molecule has 15 heavy (non-hydrogen) atoms. The molecule has 1 unspecified atom stereocenters. The van der Waals surface area contributed by atoms with Crippen molar-refractivity contribution in [3.05, 3.63) is 0 Å². The molecule has 2 nitrogen and oxygen atoms in total. The van der Waals surface area contributed by atoms with Crippen LogP contribution in [0.4, 0.5) is 0 Å². The normalized spacial score (nSPS) is 26.7. The molecule has 0 bridgehead atoms. The second-order valence-corrected chi connectivity index (χ2v) is 4.41. The maximum atomic E-state index is 4.67. The number of aliphatic imine (C=N–C) groups is 2. The van der Waals surface area contributed by atoms with Crippen molar-refractivity contribution in [3.63, 3.8) is 0 Å². The average Bonchev–Trinajstić information content (AvgIpc) is 2.20. The Hall–Kier alpha value is -0.400. The molecule has 2 atom stereocenters. The van der Waals surface area contributed by atoms with Crippen LogP contribution in [-0.2, 0) is 0 Å². The molecule has 0 N–H and O–H groups in total. The van der Waals surface area contributed by atoms with E-state index in [9.17, 15) is 0 Å². The highest BCUT2D eigenvalue weighted by molar-refractivity contribution is 7.78. The first-order valence-corrected chi connectivity index (χ1v) is 6.29. The first-order valence-electron chi connectivity index (χ1n) is 5.47. The summed E-state index contributed by atoms with van der Waals surface area (Å²) in [6.07, 6.45) is 7.29. The van der Waals surface area contributed by atoms with Gasteiger partial charge in [-0.15, -0.1) is 0 Å². The first-order chi connectivity index (χ1) is 7.36. The minimum Gasteiger partial charge on any atom is -0.232 e. The SMILES string of the molecule is S=C=NCC1CCCCC[C@H](N=C=S)C1. The van der Waals surface area contributed by atoms with E-state index in [-0.39, 0.29) is 0 Å². The van der Waals surface area contributed by atoms with E-state index in [0.29, 0.717) is 12.0 Å². The van der Waals surface area contributed by atoms with Gasteiger partial charge >= 0.3 is 0 Å². The van der Waals surface area contributed by atoms with Crippen molar-refractivity contribution in [1.29, 1.82) is 0 Å². The van der Waals surface area contributed by atoms with E-state index in [2.05, 4.69) is 44.7 Å². The summed E-state index contributed by atoms with van der Waals surface area (Å²) in [7, 11) is 0. The number of isothiocyanates is 2. The Bertz CT molecular complexity index is 278. The van der Waals surface area contributed by atoms with Crippen molar-refractivity contribution >= 4 is 34.8 Å². The van der Waals surface area contributed by atoms with Crippen molar-refractivity contribution in [2.45, 2.75) is 44.6 Å². The van der Waals surface area contributed by atoms with E-state index in [0.717, 1.165) is 19.4 Å². The zero-order valence-corrected chi connectivity index (χ0v) is 10.4. The Labute approximate surface area is 102 Å². The van der Waals surface area contributed by atoms with E-state index in [4.69, 9.17) is 0 Å². The quantitative estimate of drug-likeness (QED) is 0.557. The third-order valence-corrected chi connectivity index (χ3v) is 3.14. The Morgan fingerprint density at radius 2 is 1.87 bits per heavy atom. The molecular weight excluding hydrogens is 224 g/mol. The zero-order valence-electron chi connectivity index (χ0n) is 8.82. The van der Waals surface area contributed by atoms with Gasteiger partial charge in [0.25, 0.3) is 0 Å². The molecule has 1 rings (SSSR count). The van der Waals surface area contributed by atoms with Crippen LogP contribution < -0.4 is 0 Å². The number of nitrogens with zero attached hydrogens (tertiary/aromatic N) is 2. The summed E-state index contributed by atoms with van der Waals surface area (Å²) >= 11 is 9.26. The van der Waals surface area contributed by atoms with Gasteiger partial charge in [-0.2, -0.15) is 0 Å². The highest BCUT2D eigenvalue weighted by atomic mass is 32.1. The lowest BCUT2D eigenvalue weighted by Gasteiger charge is -2.21. The van der Waals surface area contributed by atoms with Crippen LogP contribution in [0.1, 0.15) is 38.5 Å².